The van der Waals surface area contributed by atoms with Crippen LogP contribution < -0.4 is 0 Å². The number of thiazole rings is 1. The Morgan fingerprint density at radius 1 is 0.875 bits per heavy atom. The lowest BCUT2D eigenvalue weighted by Crippen LogP contribution is -1.67. The summed E-state index contributed by atoms with van der Waals surface area (Å²) < 4.78 is 3.96. The van der Waals surface area contributed by atoms with Gasteiger partial charge in [-0.05, 0) is 18.2 Å². The van der Waals surface area contributed by atoms with E-state index in [9.17, 15) is 0 Å². The van der Waals surface area contributed by atoms with E-state index in [0.717, 1.165) is 5.52 Å². The summed E-state index contributed by atoms with van der Waals surface area (Å²) in [7, 11) is 0. The minimum absolute atomic E-state index is 1.11. The number of nitrogens with zero attached hydrogens (tertiary/aromatic N) is 1. The van der Waals surface area contributed by atoms with Crippen LogP contribution in [-0.4, -0.2) is 4.98 Å². The summed E-state index contributed by atoms with van der Waals surface area (Å²) >= 11 is 3.55. The van der Waals surface area contributed by atoms with Crippen molar-refractivity contribution >= 4 is 53.1 Å². The Balaban J connectivity index is 2.32. The lowest BCUT2D eigenvalue weighted by molar-refractivity contribution is 1.51. The number of benzene rings is 2. The predicted octanol–water partition coefficient (Wildman–Crippen LogP) is 4.66. The second-order valence-corrected chi connectivity index (χ2v) is 5.74. The van der Waals surface area contributed by atoms with Crippen LogP contribution in [0.25, 0.3) is 30.4 Å². The molecule has 1 nitrogen and oxygen atoms in total. The molecule has 0 saturated carbocycles. The number of hydrogen-bond acceptors (Lipinski definition) is 3. The van der Waals surface area contributed by atoms with E-state index in [1.807, 2.05) is 16.8 Å². The number of thiophene rings is 1. The molecule has 0 aliphatic rings. The molecule has 2 aromatic carbocycles. The SMILES string of the molecule is c1ccc2c(c1)sc1cc3ncsc3cc12. The normalized spacial score (nSPS) is 11.8. The highest BCUT2D eigenvalue weighted by atomic mass is 32.1. The van der Waals surface area contributed by atoms with Crippen molar-refractivity contribution in [2.24, 2.45) is 0 Å². The molecule has 4 rings (SSSR count). The summed E-state index contributed by atoms with van der Waals surface area (Å²) in [5.41, 5.74) is 3.03. The van der Waals surface area contributed by atoms with E-state index in [1.165, 1.54) is 24.9 Å². The minimum Gasteiger partial charge on any atom is -0.245 e. The van der Waals surface area contributed by atoms with Gasteiger partial charge in [0.25, 0.3) is 0 Å². The zero-order valence-corrected chi connectivity index (χ0v) is 9.94. The lowest BCUT2D eigenvalue weighted by Gasteiger charge is -1.91. The molecule has 0 fully saturated rings. The zero-order valence-electron chi connectivity index (χ0n) is 8.31. The van der Waals surface area contributed by atoms with Crippen LogP contribution in [0.1, 0.15) is 0 Å². The highest BCUT2D eigenvalue weighted by Gasteiger charge is 2.06. The van der Waals surface area contributed by atoms with Crippen LogP contribution in [0, 0.1) is 0 Å². The van der Waals surface area contributed by atoms with Crippen molar-refractivity contribution in [3.8, 4) is 0 Å². The van der Waals surface area contributed by atoms with Gasteiger partial charge < -0.3 is 0 Å². The predicted molar refractivity (Wildman–Crippen MR) is 72.5 cm³/mol. The van der Waals surface area contributed by atoms with Crippen molar-refractivity contribution in [1.82, 2.24) is 4.98 Å². The average Bonchev–Trinajstić information content (AvgIpc) is 2.88. The maximum atomic E-state index is 4.36. The molecule has 0 bridgehead atoms. The van der Waals surface area contributed by atoms with Crippen LogP contribution in [-0.2, 0) is 0 Å². The van der Waals surface area contributed by atoms with Crippen LogP contribution in [0.15, 0.2) is 41.9 Å². The minimum atomic E-state index is 1.11. The molecule has 0 saturated heterocycles. The zero-order chi connectivity index (χ0) is 10.5. The molecule has 0 radical (unpaired) electrons. The van der Waals surface area contributed by atoms with E-state index in [2.05, 4.69) is 41.4 Å². The lowest BCUT2D eigenvalue weighted by atomic mass is 10.1. The fraction of sp³-hybridized carbons (Fsp3) is 0. The van der Waals surface area contributed by atoms with Gasteiger partial charge in [0.2, 0.25) is 0 Å². The molecule has 0 amide bonds. The third kappa shape index (κ3) is 1.07. The molecule has 0 N–H and O–H groups in total. The van der Waals surface area contributed by atoms with Crippen molar-refractivity contribution in [2.75, 3.05) is 0 Å². The highest BCUT2D eigenvalue weighted by molar-refractivity contribution is 7.26. The monoisotopic (exact) mass is 241 g/mol. The number of rotatable bonds is 0. The summed E-state index contributed by atoms with van der Waals surface area (Å²) in [6, 6.07) is 13.0. The van der Waals surface area contributed by atoms with Crippen LogP contribution in [0.2, 0.25) is 0 Å². The van der Waals surface area contributed by atoms with Crippen LogP contribution >= 0.6 is 22.7 Å². The van der Waals surface area contributed by atoms with Gasteiger partial charge in [-0.15, -0.1) is 22.7 Å². The number of hydrogen-bond donors (Lipinski definition) is 0. The van der Waals surface area contributed by atoms with Gasteiger partial charge in [-0.3, -0.25) is 0 Å². The van der Waals surface area contributed by atoms with Crippen molar-refractivity contribution in [3.05, 3.63) is 41.9 Å². The third-order valence-corrected chi connectivity index (χ3v) is 4.76. The summed E-state index contributed by atoms with van der Waals surface area (Å²) in [5.74, 6) is 0. The number of fused-ring (bicyclic) bond motifs is 4. The van der Waals surface area contributed by atoms with Crippen molar-refractivity contribution < 1.29 is 0 Å². The fourth-order valence-corrected chi connectivity index (χ4v) is 3.89. The largest absolute Gasteiger partial charge is 0.245 e. The van der Waals surface area contributed by atoms with Crippen molar-refractivity contribution in [2.45, 2.75) is 0 Å². The second kappa shape index (κ2) is 3.03. The van der Waals surface area contributed by atoms with Crippen molar-refractivity contribution in [3.63, 3.8) is 0 Å². The van der Waals surface area contributed by atoms with Crippen LogP contribution in [0.3, 0.4) is 0 Å². The van der Waals surface area contributed by atoms with Gasteiger partial charge in [-0.25, -0.2) is 4.98 Å². The van der Waals surface area contributed by atoms with E-state index in [-0.39, 0.29) is 0 Å². The average molecular weight is 241 g/mol. The van der Waals surface area contributed by atoms with Gasteiger partial charge in [-0.2, -0.15) is 0 Å². The molecule has 3 heteroatoms. The van der Waals surface area contributed by atoms with Gasteiger partial charge in [0, 0.05) is 20.2 Å². The molecule has 2 aromatic heterocycles. The topological polar surface area (TPSA) is 12.9 Å². The summed E-state index contributed by atoms with van der Waals surface area (Å²) in [6.07, 6.45) is 0. The fourth-order valence-electron chi connectivity index (χ4n) is 2.08. The Morgan fingerprint density at radius 2 is 1.81 bits per heavy atom. The highest BCUT2D eigenvalue weighted by Crippen LogP contribution is 2.36. The van der Waals surface area contributed by atoms with E-state index in [1.54, 1.807) is 11.3 Å². The molecular weight excluding hydrogens is 234 g/mol. The summed E-state index contributed by atoms with van der Waals surface area (Å²) in [5, 5.41) is 2.72. The molecular formula is C13H7NS2. The van der Waals surface area contributed by atoms with E-state index >= 15 is 0 Å². The maximum Gasteiger partial charge on any atom is 0.0826 e. The Morgan fingerprint density at radius 3 is 2.81 bits per heavy atom. The molecule has 0 spiro atoms. The number of aromatic nitrogens is 1. The smallest absolute Gasteiger partial charge is 0.0826 e. The molecule has 0 unspecified atom stereocenters. The van der Waals surface area contributed by atoms with Gasteiger partial charge in [0.1, 0.15) is 0 Å². The third-order valence-electron chi connectivity index (χ3n) is 2.83. The Labute approximate surface area is 100.0 Å². The summed E-state index contributed by atoms with van der Waals surface area (Å²) in [6.45, 7) is 0. The first kappa shape index (κ1) is 8.67. The van der Waals surface area contributed by atoms with E-state index < -0.39 is 0 Å². The molecule has 16 heavy (non-hydrogen) atoms. The molecule has 0 atom stereocenters. The van der Waals surface area contributed by atoms with Gasteiger partial charge in [0.05, 0.1) is 15.7 Å². The van der Waals surface area contributed by atoms with E-state index in [0.29, 0.717) is 0 Å². The van der Waals surface area contributed by atoms with Crippen molar-refractivity contribution in [1.29, 1.82) is 0 Å². The molecule has 0 aliphatic heterocycles. The molecule has 2 heterocycles. The van der Waals surface area contributed by atoms with Gasteiger partial charge in [0.15, 0.2) is 0 Å². The van der Waals surface area contributed by atoms with E-state index in [4.69, 9.17) is 0 Å². The molecule has 76 valence electrons. The Kier molecular flexibility index (Phi) is 1.64. The molecule has 4 aromatic rings. The van der Waals surface area contributed by atoms with Crippen LogP contribution in [0.5, 0.6) is 0 Å². The van der Waals surface area contributed by atoms with Gasteiger partial charge in [-0.1, -0.05) is 18.2 Å². The first-order valence-electron chi connectivity index (χ1n) is 5.06. The Bertz CT molecular complexity index is 810. The first-order chi connectivity index (χ1) is 7.92. The first-order valence-corrected chi connectivity index (χ1v) is 6.76. The molecule has 0 aliphatic carbocycles. The van der Waals surface area contributed by atoms with Crippen LogP contribution in [0.4, 0.5) is 0 Å². The Hall–Kier alpha value is -1.45. The summed E-state index contributed by atoms with van der Waals surface area (Å²) in [4.78, 5) is 4.36. The van der Waals surface area contributed by atoms with Gasteiger partial charge >= 0.3 is 0 Å². The second-order valence-electron chi connectivity index (χ2n) is 3.77. The maximum absolute atomic E-state index is 4.36. The quantitative estimate of drug-likeness (QED) is 0.436. The standard InChI is InChI=1S/C13H7NS2/c1-2-4-11-8(3-1)9-5-13-10(14-7-15-13)6-12(9)16-11/h1-7H.